The first-order valence-corrected chi connectivity index (χ1v) is 8.95. The van der Waals surface area contributed by atoms with E-state index in [1.807, 2.05) is 13.8 Å². The Kier molecular flexibility index (Phi) is 7.05. The number of nitrogens with one attached hydrogen (secondary N) is 2. The minimum absolute atomic E-state index is 0.00486. The van der Waals surface area contributed by atoms with Crippen LogP contribution < -0.4 is 10.0 Å². The first-order valence-electron chi connectivity index (χ1n) is 6.30. The molecule has 1 rings (SSSR count). The molecule has 0 fully saturated rings. The molecule has 1 aromatic heterocycles. The fourth-order valence-corrected chi connectivity index (χ4v) is 3.35. The zero-order chi connectivity index (χ0) is 16.0. The molecule has 0 atom stereocenters. The van der Waals surface area contributed by atoms with Gasteiger partial charge in [0.2, 0.25) is 15.9 Å². The summed E-state index contributed by atoms with van der Waals surface area (Å²) in [6, 6.07) is 1.36. The van der Waals surface area contributed by atoms with Crippen LogP contribution in [0.2, 0.25) is 5.15 Å². The maximum Gasteiger partial charge on any atom is 0.243 e. The summed E-state index contributed by atoms with van der Waals surface area (Å²) >= 11 is 8.91. The summed E-state index contributed by atoms with van der Waals surface area (Å²) in [5, 5.41) is 2.59. The summed E-state index contributed by atoms with van der Waals surface area (Å²) in [6.07, 6.45) is 1.46. The van der Waals surface area contributed by atoms with Gasteiger partial charge >= 0.3 is 0 Å². The molecule has 1 heterocycles. The molecular formula is C12H17BrClN3O3S. The fraction of sp³-hybridized carbons (Fsp3) is 0.500. The van der Waals surface area contributed by atoms with Crippen molar-refractivity contribution in [3.05, 3.63) is 21.9 Å². The Labute approximate surface area is 137 Å². The average Bonchev–Trinajstić information content (AvgIpc) is 2.39. The van der Waals surface area contributed by atoms with Gasteiger partial charge in [-0.2, -0.15) is 0 Å². The summed E-state index contributed by atoms with van der Waals surface area (Å²) in [4.78, 5) is 15.1. The van der Waals surface area contributed by atoms with Crippen LogP contribution in [0.15, 0.2) is 21.6 Å². The standard InChI is InChI=1S/C12H17BrClN3O3S/c1-8(2)6-15-11(18)3-4-17-21(19,20)10-5-9(13)7-16-12(10)14/h5,7-8,17H,3-4,6H2,1-2H3,(H,15,18). The van der Waals surface area contributed by atoms with E-state index in [0.717, 1.165) is 0 Å². The van der Waals surface area contributed by atoms with E-state index in [4.69, 9.17) is 11.6 Å². The zero-order valence-electron chi connectivity index (χ0n) is 11.7. The molecule has 0 unspecified atom stereocenters. The minimum Gasteiger partial charge on any atom is -0.356 e. The van der Waals surface area contributed by atoms with Crippen molar-refractivity contribution < 1.29 is 13.2 Å². The summed E-state index contributed by atoms with van der Waals surface area (Å²) in [5.74, 6) is 0.141. The van der Waals surface area contributed by atoms with Crippen LogP contribution in [0.25, 0.3) is 0 Å². The van der Waals surface area contributed by atoms with Crippen molar-refractivity contribution in [3.63, 3.8) is 0 Å². The van der Waals surface area contributed by atoms with Gasteiger partial charge < -0.3 is 5.32 Å². The molecule has 1 amide bonds. The molecule has 0 spiro atoms. The normalized spacial score (nSPS) is 11.7. The number of nitrogens with zero attached hydrogens (tertiary/aromatic N) is 1. The van der Waals surface area contributed by atoms with E-state index < -0.39 is 10.0 Å². The number of carbonyl (C=O) groups excluding carboxylic acids is 1. The fourth-order valence-electron chi connectivity index (χ4n) is 1.38. The lowest BCUT2D eigenvalue weighted by atomic mass is 10.2. The van der Waals surface area contributed by atoms with Crippen molar-refractivity contribution in [2.45, 2.75) is 25.2 Å². The Morgan fingerprint density at radius 3 is 2.76 bits per heavy atom. The molecule has 0 saturated heterocycles. The summed E-state index contributed by atoms with van der Waals surface area (Å²) in [7, 11) is -3.79. The van der Waals surface area contributed by atoms with E-state index >= 15 is 0 Å². The molecule has 0 aromatic carbocycles. The second-order valence-corrected chi connectivity index (χ2v) is 7.80. The molecule has 0 aliphatic heterocycles. The minimum atomic E-state index is -3.79. The van der Waals surface area contributed by atoms with Gasteiger partial charge in [0.25, 0.3) is 0 Å². The molecule has 0 aliphatic carbocycles. The molecular weight excluding hydrogens is 382 g/mol. The Bertz CT molecular complexity index is 608. The number of hydrogen-bond donors (Lipinski definition) is 2. The van der Waals surface area contributed by atoms with Crippen molar-refractivity contribution in [2.75, 3.05) is 13.1 Å². The van der Waals surface area contributed by atoms with Crippen LogP contribution in [0.5, 0.6) is 0 Å². The largest absolute Gasteiger partial charge is 0.356 e. The van der Waals surface area contributed by atoms with E-state index in [2.05, 4.69) is 31.0 Å². The topological polar surface area (TPSA) is 88.2 Å². The van der Waals surface area contributed by atoms with Crippen LogP contribution in [0.1, 0.15) is 20.3 Å². The van der Waals surface area contributed by atoms with Crippen LogP contribution in [0.4, 0.5) is 0 Å². The Hall–Kier alpha value is -0.700. The molecule has 0 bridgehead atoms. The number of carbonyl (C=O) groups is 1. The second-order valence-electron chi connectivity index (χ2n) is 4.79. The van der Waals surface area contributed by atoms with Gasteiger partial charge in [-0.1, -0.05) is 25.4 Å². The number of rotatable bonds is 7. The van der Waals surface area contributed by atoms with Crippen molar-refractivity contribution in [1.29, 1.82) is 0 Å². The molecule has 0 saturated carbocycles. The quantitative estimate of drug-likeness (QED) is 0.687. The van der Waals surface area contributed by atoms with Crippen LogP contribution in [0, 0.1) is 5.92 Å². The van der Waals surface area contributed by atoms with Crippen molar-refractivity contribution in [2.24, 2.45) is 5.92 Å². The van der Waals surface area contributed by atoms with Gasteiger partial charge in [-0.15, -0.1) is 0 Å². The van der Waals surface area contributed by atoms with Gasteiger partial charge in [0.1, 0.15) is 10.0 Å². The number of pyridine rings is 1. The number of hydrogen-bond acceptors (Lipinski definition) is 4. The summed E-state index contributed by atoms with van der Waals surface area (Å²) < 4.78 is 27.0. The predicted octanol–water partition coefficient (Wildman–Crippen LogP) is 1.94. The molecule has 2 N–H and O–H groups in total. The lowest BCUT2D eigenvalue weighted by Gasteiger charge is -2.09. The van der Waals surface area contributed by atoms with E-state index in [1.54, 1.807) is 0 Å². The van der Waals surface area contributed by atoms with Gasteiger partial charge in [0, 0.05) is 30.2 Å². The molecule has 9 heteroatoms. The lowest BCUT2D eigenvalue weighted by molar-refractivity contribution is -0.121. The van der Waals surface area contributed by atoms with Crippen molar-refractivity contribution >= 4 is 43.5 Å². The van der Waals surface area contributed by atoms with Gasteiger partial charge in [-0.3, -0.25) is 4.79 Å². The molecule has 0 radical (unpaired) electrons. The number of sulfonamides is 1. The monoisotopic (exact) mass is 397 g/mol. The Morgan fingerprint density at radius 2 is 2.14 bits per heavy atom. The van der Waals surface area contributed by atoms with Gasteiger partial charge in [0.05, 0.1) is 0 Å². The van der Waals surface area contributed by atoms with Crippen molar-refractivity contribution in [1.82, 2.24) is 15.0 Å². The number of halogens is 2. The van der Waals surface area contributed by atoms with Crippen molar-refractivity contribution in [3.8, 4) is 0 Å². The van der Waals surface area contributed by atoms with Gasteiger partial charge in [0.15, 0.2) is 0 Å². The van der Waals surface area contributed by atoms with Crippen LogP contribution in [-0.2, 0) is 14.8 Å². The maximum atomic E-state index is 12.1. The van der Waals surface area contributed by atoms with E-state index in [1.165, 1.54) is 12.3 Å². The van der Waals surface area contributed by atoms with E-state index in [-0.39, 0.29) is 28.9 Å². The van der Waals surface area contributed by atoms with Gasteiger partial charge in [-0.05, 0) is 27.9 Å². The molecule has 21 heavy (non-hydrogen) atoms. The number of amides is 1. The smallest absolute Gasteiger partial charge is 0.243 e. The SMILES string of the molecule is CC(C)CNC(=O)CCNS(=O)(=O)c1cc(Br)cnc1Cl. The van der Waals surface area contributed by atoms with Crippen LogP contribution >= 0.6 is 27.5 Å². The lowest BCUT2D eigenvalue weighted by Crippen LogP contribution is -2.32. The number of aromatic nitrogens is 1. The summed E-state index contributed by atoms with van der Waals surface area (Å²) in [5.41, 5.74) is 0. The summed E-state index contributed by atoms with van der Waals surface area (Å²) in [6.45, 7) is 4.51. The molecule has 0 aliphatic rings. The first kappa shape index (κ1) is 18.3. The van der Waals surface area contributed by atoms with E-state index in [9.17, 15) is 13.2 Å². The third-order valence-corrected chi connectivity index (χ3v) is 4.74. The van der Waals surface area contributed by atoms with E-state index in [0.29, 0.717) is 16.9 Å². The third kappa shape index (κ3) is 6.29. The molecule has 1 aromatic rings. The second kappa shape index (κ2) is 8.07. The third-order valence-electron chi connectivity index (χ3n) is 2.41. The Morgan fingerprint density at radius 1 is 1.48 bits per heavy atom. The highest BCUT2D eigenvalue weighted by atomic mass is 79.9. The highest BCUT2D eigenvalue weighted by Gasteiger charge is 2.19. The van der Waals surface area contributed by atoms with Gasteiger partial charge in [-0.25, -0.2) is 18.1 Å². The highest BCUT2D eigenvalue weighted by molar-refractivity contribution is 9.10. The molecule has 6 nitrogen and oxygen atoms in total. The van der Waals surface area contributed by atoms with Crippen LogP contribution in [0.3, 0.4) is 0 Å². The Balaban J connectivity index is 2.58. The molecule has 118 valence electrons. The zero-order valence-corrected chi connectivity index (χ0v) is 14.8. The van der Waals surface area contributed by atoms with Crippen LogP contribution in [-0.4, -0.2) is 32.4 Å². The first-order chi connectivity index (χ1) is 9.72. The highest BCUT2D eigenvalue weighted by Crippen LogP contribution is 2.22. The average molecular weight is 399 g/mol. The maximum absolute atomic E-state index is 12.1. The predicted molar refractivity (Wildman–Crippen MR) is 84.6 cm³/mol.